The van der Waals surface area contributed by atoms with Gasteiger partial charge in [-0.15, -0.1) is 0 Å². The van der Waals surface area contributed by atoms with E-state index in [4.69, 9.17) is 15.2 Å². The third kappa shape index (κ3) is 6.46. The standard InChI is InChI=1S/C17H30N2O2/c1-17(2,15-6-8-16(18)9-7-15)14-19(11-13-21-4)10-5-12-20-3/h6-9H,5,10-14,18H2,1-4H3. The molecule has 0 aliphatic heterocycles. The first-order valence-corrected chi connectivity index (χ1v) is 7.56. The predicted octanol–water partition coefficient (Wildman–Crippen LogP) is 2.53. The Morgan fingerprint density at radius 2 is 1.62 bits per heavy atom. The van der Waals surface area contributed by atoms with Gasteiger partial charge in [0.15, 0.2) is 0 Å². The van der Waals surface area contributed by atoms with Crippen molar-refractivity contribution in [3.63, 3.8) is 0 Å². The predicted molar refractivity (Wildman–Crippen MR) is 88.7 cm³/mol. The van der Waals surface area contributed by atoms with Crippen LogP contribution in [0.2, 0.25) is 0 Å². The molecular formula is C17H30N2O2. The van der Waals surface area contributed by atoms with Gasteiger partial charge in [-0.3, -0.25) is 0 Å². The molecule has 0 fully saturated rings. The number of hydrogen-bond acceptors (Lipinski definition) is 4. The molecule has 21 heavy (non-hydrogen) atoms. The summed E-state index contributed by atoms with van der Waals surface area (Å²) in [6, 6.07) is 8.20. The highest BCUT2D eigenvalue weighted by Crippen LogP contribution is 2.25. The molecule has 0 bridgehead atoms. The van der Waals surface area contributed by atoms with Crippen LogP contribution in [0.3, 0.4) is 0 Å². The fraction of sp³-hybridized carbons (Fsp3) is 0.647. The SMILES string of the molecule is COCCCN(CCOC)CC(C)(C)c1ccc(N)cc1. The van der Waals surface area contributed by atoms with Crippen molar-refractivity contribution in [3.05, 3.63) is 29.8 Å². The maximum absolute atomic E-state index is 5.78. The van der Waals surface area contributed by atoms with Gasteiger partial charge in [-0.25, -0.2) is 0 Å². The maximum atomic E-state index is 5.78. The van der Waals surface area contributed by atoms with Gasteiger partial charge in [0.2, 0.25) is 0 Å². The molecule has 0 atom stereocenters. The summed E-state index contributed by atoms with van der Waals surface area (Å²) in [7, 11) is 3.50. The molecule has 0 radical (unpaired) electrons. The van der Waals surface area contributed by atoms with Crippen molar-refractivity contribution >= 4 is 5.69 Å². The van der Waals surface area contributed by atoms with Crippen LogP contribution in [0.25, 0.3) is 0 Å². The molecule has 1 aromatic rings. The molecule has 4 nitrogen and oxygen atoms in total. The zero-order valence-electron chi connectivity index (χ0n) is 13.9. The molecule has 0 aliphatic carbocycles. The van der Waals surface area contributed by atoms with Crippen LogP contribution in [0.15, 0.2) is 24.3 Å². The Balaban J connectivity index is 2.66. The molecule has 2 N–H and O–H groups in total. The summed E-state index contributed by atoms with van der Waals surface area (Å²) < 4.78 is 10.4. The Morgan fingerprint density at radius 1 is 1.00 bits per heavy atom. The molecule has 1 aromatic carbocycles. The van der Waals surface area contributed by atoms with E-state index in [9.17, 15) is 0 Å². The molecule has 120 valence electrons. The van der Waals surface area contributed by atoms with Crippen LogP contribution in [0.5, 0.6) is 0 Å². The lowest BCUT2D eigenvalue weighted by Crippen LogP contribution is -2.39. The van der Waals surface area contributed by atoms with E-state index in [-0.39, 0.29) is 5.41 Å². The lowest BCUT2D eigenvalue weighted by atomic mass is 9.84. The van der Waals surface area contributed by atoms with Crippen LogP contribution < -0.4 is 5.73 Å². The minimum absolute atomic E-state index is 0.0779. The zero-order valence-corrected chi connectivity index (χ0v) is 13.9. The summed E-state index contributed by atoms with van der Waals surface area (Å²) in [5.74, 6) is 0. The van der Waals surface area contributed by atoms with Gasteiger partial charge >= 0.3 is 0 Å². The van der Waals surface area contributed by atoms with Gasteiger partial charge in [0, 0.05) is 51.6 Å². The molecule has 0 unspecified atom stereocenters. The highest BCUT2D eigenvalue weighted by atomic mass is 16.5. The molecule has 4 heteroatoms. The van der Waals surface area contributed by atoms with Crippen LogP contribution in [0.4, 0.5) is 5.69 Å². The molecule has 0 aromatic heterocycles. The van der Waals surface area contributed by atoms with E-state index in [1.807, 2.05) is 12.1 Å². The van der Waals surface area contributed by atoms with Crippen molar-refractivity contribution in [2.45, 2.75) is 25.7 Å². The summed E-state index contributed by atoms with van der Waals surface area (Å²) in [5.41, 5.74) is 7.98. The maximum Gasteiger partial charge on any atom is 0.0589 e. The van der Waals surface area contributed by atoms with Crippen molar-refractivity contribution in [3.8, 4) is 0 Å². The smallest absolute Gasteiger partial charge is 0.0589 e. The Bertz CT molecular complexity index is 390. The van der Waals surface area contributed by atoms with Crippen molar-refractivity contribution in [1.82, 2.24) is 4.90 Å². The Labute approximate surface area is 129 Å². The van der Waals surface area contributed by atoms with Gasteiger partial charge in [-0.05, 0) is 24.1 Å². The number of nitrogen functional groups attached to an aromatic ring is 1. The molecule has 0 spiro atoms. The third-order valence-corrected chi connectivity index (χ3v) is 3.75. The van der Waals surface area contributed by atoms with Crippen LogP contribution in [0.1, 0.15) is 25.8 Å². The van der Waals surface area contributed by atoms with E-state index in [2.05, 4.69) is 30.9 Å². The molecule has 0 heterocycles. The van der Waals surface area contributed by atoms with Gasteiger partial charge < -0.3 is 20.1 Å². The number of rotatable bonds is 10. The molecule has 1 rings (SSSR count). The van der Waals surface area contributed by atoms with E-state index in [1.165, 1.54) is 5.56 Å². The minimum atomic E-state index is 0.0779. The fourth-order valence-corrected chi connectivity index (χ4v) is 2.51. The van der Waals surface area contributed by atoms with Gasteiger partial charge in [0.25, 0.3) is 0 Å². The fourth-order valence-electron chi connectivity index (χ4n) is 2.51. The van der Waals surface area contributed by atoms with Crippen molar-refractivity contribution in [2.24, 2.45) is 0 Å². The van der Waals surface area contributed by atoms with Crippen LogP contribution in [-0.4, -0.2) is 52.0 Å². The van der Waals surface area contributed by atoms with E-state index in [0.717, 1.165) is 45.0 Å². The molecule has 0 saturated carbocycles. The molecule has 0 amide bonds. The normalized spacial score (nSPS) is 12.0. The van der Waals surface area contributed by atoms with Crippen LogP contribution >= 0.6 is 0 Å². The number of benzene rings is 1. The summed E-state index contributed by atoms with van der Waals surface area (Å²) in [5, 5.41) is 0. The largest absolute Gasteiger partial charge is 0.399 e. The first-order chi connectivity index (χ1) is 9.99. The van der Waals surface area contributed by atoms with Gasteiger partial charge in [0.1, 0.15) is 0 Å². The van der Waals surface area contributed by atoms with E-state index in [1.54, 1.807) is 14.2 Å². The van der Waals surface area contributed by atoms with Crippen LogP contribution in [0, 0.1) is 0 Å². The topological polar surface area (TPSA) is 47.7 Å². The van der Waals surface area contributed by atoms with Crippen molar-refractivity contribution < 1.29 is 9.47 Å². The van der Waals surface area contributed by atoms with Gasteiger partial charge in [0.05, 0.1) is 6.61 Å². The average Bonchev–Trinajstić information content (AvgIpc) is 2.45. The van der Waals surface area contributed by atoms with Crippen LogP contribution in [-0.2, 0) is 14.9 Å². The number of ether oxygens (including phenoxy) is 2. The summed E-state index contributed by atoms with van der Waals surface area (Å²) >= 11 is 0. The first kappa shape index (κ1) is 18.0. The Kier molecular flexibility index (Phi) is 7.72. The number of anilines is 1. The quantitative estimate of drug-likeness (QED) is 0.532. The zero-order chi connectivity index (χ0) is 15.7. The molecular weight excluding hydrogens is 264 g/mol. The number of methoxy groups -OCH3 is 2. The number of nitrogens with zero attached hydrogens (tertiary/aromatic N) is 1. The monoisotopic (exact) mass is 294 g/mol. The first-order valence-electron chi connectivity index (χ1n) is 7.56. The highest BCUT2D eigenvalue weighted by molar-refractivity contribution is 5.41. The summed E-state index contributed by atoms with van der Waals surface area (Å²) in [6.45, 7) is 9.05. The van der Waals surface area contributed by atoms with E-state index in [0.29, 0.717) is 0 Å². The molecule has 0 saturated heterocycles. The second-order valence-corrected chi connectivity index (χ2v) is 6.12. The second-order valence-electron chi connectivity index (χ2n) is 6.12. The van der Waals surface area contributed by atoms with Crippen molar-refractivity contribution in [2.75, 3.05) is 52.8 Å². The number of hydrogen-bond donors (Lipinski definition) is 1. The molecule has 0 aliphatic rings. The van der Waals surface area contributed by atoms with Gasteiger partial charge in [-0.2, -0.15) is 0 Å². The highest BCUT2D eigenvalue weighted by Gasteiger charge is 2.23. The lowest BCUT2D eigenvalue weighted by molar-refractivity contribution is 0.120. The minimum Gasteiger partial charge on any atom is -0.399 e. The van der Waals surface area contributed by atoms with E-state index >= 15 is 0 Å². The number of nitrogens with two attached hydrogens (primary N) is 1. The van der Waals surface area contributed by atoms with Crippen molar-refractivity contribution in [1.29, 1.82) is 0 Å². The lowest BCUT2D eigenvalue weighted by Gasteiger charge is -2.33. The van der Waals surface area contributed by atoms with Gasteiger partial charge in [-0.1, -0.05) is 26.0 Å². The second kappa shape index (κ2) is 9.03. The Hall–Kier alpha value is -1.10. The summed E-state index contributed by atoms with van der Waals surface area (Å²) in [6.07, 6.45) is 1.04. The Morgan fingerprint density at radius 3 is 2.19 bits per heavy atom. The summed E-state index contributed by atoms with van der Waals surface area (Å²) in [4.78, 5) is 2.44. The average molecular weight is 294 g/mol. The third-order valence-electron chi connectivity index (χ3n) is 3.75. The van der Waals surface area contributed by atoms with E-state index < -0.39 is 0 Å².